The molecule has 2 rings (SSSR count). The lowest BCUT2D eigenvalue weighted by atomic mass is 10.1. The highest BCUT2D eigenvalue weighted by Gasteiger charge is 2.28. The molecule has 1 aromatic rings. The summed E-state index contributed by atoms with van der Waals surface area (Å²) in [5.74, 6) is 1.56. The third kappa shape index (κ3) is 6.29. The van der Waals surface area contributed by atoms with Crippen LogP contribution in [0.1, 0.15) is 30.4 Å². The Hall–Kier alpha value is -0.710. The van der Waals surface area contributed by atoms with Gasteiger partial charge in [0.2, 0.25) is 5.91 Å². The van der Waals surface area contributed by atoms with E-state index in [0.29, 0.717) is 18.9 Å². The van der Waals surface area contributed by atoms with Gasteiger partial charge in [0.25, 0.3) is 0 Å². The molecule has 0 heterocycles. The summed E-state index contributed by atoms with van der Waals surface area (Å²) in [4.78, 5) is 13.0. The first-order chi connectivity index (χ1) is 9.56. The molecule has 1 amide bonds. The number of nitrogens with two attached hydrogens (primary N) is 1. The van der Waals surface area contributed by atoms with E-state index < -0.39 is 0 Å². The van der Waals surface area contributed by atoms with E-state index in [-0.39, 0.29) is 24.4 Å². The minimum atomic E-state index is 0. The number of hydrogen-bond donors (Lipinski definition) is 2. The number of thioether (sulfide) groups is 1. The second-order valence-corrected chi connectivity index (χ2v) is 6.82. The van der Waals surface area contributed by atoms with E-state index in [1.54, 1.807) is 11.8 Å². The van der Waals surface area contributed by atoms with Crippen molar-refractivity contribution in [2.45, 2.75) is 44.0 Å². The molecule has 1 aliphatic carbocycles. The van der Waals surface area contributed by atoms with Crippen molar-refractivity contribution >= 4 is 30.1 Å². The van der Waals surface area contributed by atoms with Crippen LogP contribution in [0.5, 0.6) is 0 Å². The number of carbonyl (C=O) groups excluding carboxylic acids is 1. The first-order valence-corrected chi connectivity index (χ1v) is 8.27. The maximum absolute atomic E-state index is 11.7. The molecule has 1 unspecified atom stereocenters. The molecular formula is C16H25ClN2OS. The summed E-state index contributed by atoms with van der Waals surface area (Å²) in [6, 6.07) is 6.58. The quantitative estimate of drug-likeness (QED) is 0.756. The maximum Gasteiger partial charge on any atom is 0.220 e. The Bertz CT molecular complexity index is 477. The van der Waals surface area contributed by atoms with Gasteiger partial charge >= 0.3 is 0 Å². The van der Waals surface area contributed by atoms with E-state index in [1.165, 1.54) is 28.9 Å². The second kappa shape index (κ2) is 8.66. The van der Waals surface area contributed by atoms with E-state index in [1.807, 2.05) is 0 Å². The SMILES string of the molecule is Cc1ccc(SCCC(=O)NCC(N)C2CC2)cc1C.Cl. The van der Waals surface area contributed by atoms with E-state index in [0.717, 1.165) is 5.75 Å². The highest BCUT2D eigenvalue weighted by Crippen LogP contribution is 2.31. The molecule has 118 valence electrons. The van der Waals surface area contributed by atoms with Crippen LogP contribution < -0.4 is 11.1 Å². The fourth-order valence-corrected chi connectivity index (χ4v) is 3.02. The van der Waals surface area contributed by atoms with Crippen molar-refractivity contribution in [2.24, 2.45) is 11.7 Å². The van der Waals surface area contributed by atoms with Crippen LogP contribution in [-0.2, 0) is 4.79 Å². The van der Waals surface area contributed by atoms with E-state index in [2.05, 4.69) is 37.4 Å². The van der Waals surface area contributed by atoms with Crippen LogP contribution in [0.2, 0.25) is 0 Å². The van der Waals surface area contributed by atoms with Crippen molar-refractivity contribution in [3.63, 3.8) is 0 Å². The molecule has 3 N–H and O–H groups in total. The zero-order chi connectivity index (χ0) is 14.5. The Morgan fingerprint density at radius 2 is 2.10 bits per heavy atom. The lowest BCUT2D eigenvalue weighted by Crippen LogP contribution is -2.38. The van der Waals surface area contributed by atoms with Crippen LogP contribution in [0.25, 0.3) is 0 Å². The van der Waals surface area contributed by atoms with Crippen LogP contribution in [0.15, 0.2) is 23.1 Å². The van der Waals surface area contributed by atoms with Gasteiger partial charge in [-0.2, -0.15) is 0 Å². The monoisotopic (exact) mass is 328 g/mol. The molecule has 0 bridgehead atoms. The minimum Gasteiger partial charge on any atom is -0.355 e. The minimum absolute atomic E-state index is 0. The number of rotatable bonds is 7. The van der Waals surface area contributed by atoms with Crippen LogP contribution in [0.3, 0.4) is 0 Å². The number of amides is 1. The van der Waals surface area contributed by atoms with Crippen LogP contribution >= 0.6 is 24.2 Å². The third-order valence-electron chi connectivity index (χ3n) is 3.84. The molecule has 0 saturated heterocycles. The van der Waals surface area contributed by atoms with Crippen molar-refractivity contribution in [1.82, 2.24) is 5.32 Å². The zero-order valence-electron chi connectivity index (χ0n) is 12.7. The Morgan fingerprint density at radius 1 is 1.38 bits per heavy atom. The summed E-state index contributed by atoms with van der Waals surface area (Å²) in [5, 5.41) is 2.93. The Kier molecular flexibility index (Phi) is 7.57. The van der Waals surface area contributed by atoms with Crippen molar-refractivity contribution < 1.29 is 4.79 Å². The summed E-state index contributed by atoms with van der Waals surface area (Å²) >= 11 is 1.73. The summed E-state index contributed by atoms with van der Waals surface area (Å²) in [6.07, 6.45) is 2.99. The summed E-state index contributed by atoms with van der Waals surface area (Å²) in [5.41, 5.74) is 8.57. The standard InChI is InChI=1S/C16H24N2OS.ClH/c1-11-3-6-14(9-12(11)2)20-8-7-16(19)18-10-15(17)13-4-5-13;/h3,6,9,13,15H,4-5,7-8,10,17H2,1-2H3,(H,18,19);1H. The van der Waals surface area contributed by atoms with Gasteiger partial charge in [-0.05, 0) is 55.9 Å². The fraction of sp³-hybridized carbons (Fsp3) is 0.562. The van der Waals surface area contributed by atoms with Crippen molar-refractivity contribution in [3.05, 3.63) is 29.3 Å². The van der Waals surface area contributed by atoms with Crippen molar-refractivity contribution in [1.29, 1.82) is 0 Å². The number of halogens is 1. The van der Waals surface area contributed by atoms with Gasteiger partial charge in [-0.15, -0.1) is 24.2 Å². The van der Waals surface area contributed by atoms with Crippen LogP contribution in [0, 0.1) is 19.8 Å². The molecule has 1 saturated carbocycles. The Balaban J connectivity index is 0.00000220. The van der Waals surface area contributed by atoms with E-state index in [9.17, 15) is 4.79 Å². The van der Waals surface area contributed by atoms with Crippen molar-refractivity contribution in [3.8, 4) is 0 Å². The lowest BCUT2D eigenvalue weighted by Gasteiger charge is -2.11. The van der Waals surface area contributed by atoms with Gasteiger partial charge in [0, 0.05) is 29.7 Å². The van der Waals surface area contributed by atoms with Gasteiger partial charge in [0.1, 0.15) is 0 Å². The van der Waals surface area contributed by atoms with Gasteiger partial charge in [0.15, 0.2) is 0 Å². The number of hydrogen-bond acceptors (Lipinski definition) is 3. The highest BCUT2D eigenvalue weighted by molar-refractivity contribution is 7.99. The number of aryl methyl sites for hydroxylation is 2. The number of nitrogens with one attached hydrogen (secondary N) is 1. The van der Waals surface area contributed by atoms with Gasteiger partial charge in [-0.1, -0.05) is 6.07 Å². The second-order valence-electron chi connectivity index (χ2n) is 5.65. The molecule has 0 aliphatic heterocycles. The molecule has 0 spiro atoms. The first kappa shape index (κ1) is 18.3. The first-order valence-electron chi connectivity index (χ1n) is 7.28. The van der Waals surface area contributed by atoms with Gasteiger partial charge in [-0.25, -0.2) is 0 Å². The Morgan fingerprint density at radius 3 is 2.71 bits per heavy atom. The van der Waals surface area contributed by atoms with E-state index >= 15 is 0 Å². The molecule has 1 atom stereocenters. The topological polar surface area (TPSA) is 55.1 Å². The summed E-state index contributed by atoms with van der Waals surface area (Å²) in [6.45, 7) is 4.85. The predicted octanol–water partition coefficient (Wildman–Crippen LogP) is 3.06. The lowest BCUT2D eigenvalue weighted by molar-refractivity contribution is -0.120. The molecule has 21 heavy (non-hydrogen) atoms. The van der Waals surface area contributed by atoms with Gasteiger partial charge in [0.05, 0.1) is 0 Å². The molecular weight excluding hydrogens is 304 g/mol. The average molecular weight is 329 g/mol. The molecule has 1 fully saturated rings. The predicted molar refractivity (Wildman–Crippen MR) is 92.2 cm³/mol. The maximum atomic E-state index is 11.7. The largest absolute Gasteiger partial charge is 0.355 e. The Labute approximate surface area is 137 Å². The average Bonchev–Trinajstić information content (AvgIpc) is 3.24. The summed E-state index contributed by atoms with van der Waals surface area (Å²) in [7, 11) is 0. The normalized spacial score (nSPS) is 15.2. The molecule has 1 aliphatic rings. The van der Waals surface area contributed by atoms with Gasteiger partial charge < -0.3 is 11.1 Å². The molecule has 3 nitrogen and oxygen atoms in total. The highest BCUT2D eigenvalue weighted by atomic mass is 35.5. The van der Waals surface area contributed by atoms with Crippen LogP contribution in [0.4, 0.5) is 0 Å². The van der Waals surface area contributed by atoms with Gasteiger partial charge in [-0.3, -0.25) is 4.79 Å². The van der Waals surface area contributed by atoms with Crippen LogP contribution in [-0.4, -0.2) is 24.2 Å². The number of benzene rings is 1. The fourth-order valence-electron chi connectivity index (χ4n) is 2.08. The van der Waals surface area contributed by atoms with Crippen molar-refractivity contribution in [2.75, 3.05) is 12.3 Å². The van der Waals surface area contributed by atoms with E-state index in [4.69, 9.17) is 5.73 Å². The molecule has 5 heteroatoms. The zero-order valence-corrected chi connectivity index (χ0v) is 14.4. The smallest absolute Gasteiger partial charge is 0.220 e. The molecule has 0 radical (unpaired) electrons. The molecule has 1 aromatic carbocycles. The molecule has 0 aromatic heterocycles. The number of carbonyl (C=O) groups is 1. The third-order valence-corrected chi connectivity index (χ3v) is 4.83. The summed E-state index contributed by atoms with van der Waals surface area (Å²) < 4.78 is 0.